The number of carbonyl (C=O) groups excluding carboxylic acids is 12. The Morgan fingerprint density at radius 1 is 0.684 bits per heavy atom. The van der Waals surface area contributed by atoms with E-state index in [4.69, 9.17) is 11.6 Å². The molecule has 7 atom stereocenters. The zero-order valence-corrected chi connectivity index (χ0v) is 60.0. The fourth-order valence-electron chi connectivity index (χ4n) is 14.1. The van der Waals surface area contributed by atoms with E-state index >= 15 is 4.79 Å². The van der Waals surface area contributed by atoms with Crippen molar-refractivity contribution in [2.45, 2.75) is 218 Å². The number of benzene rings is 1. The number of likely N-dealkylation sites (tertiary alicyclic amines) is 1. The predicted molar refractivity (Wildman–Crippen MR) is 362 cm³/mol. The third kappa shape index (κ3) is 21.4. The minimum absolute atomic E-state index is 0.0170. The minimum Gasteiger partial charge on any atom is -0.354 e. The summed E-state index contributed by atoms with van der Waals surface area (Å²) in [5.41, 5.74) is -0.919. The van der Waals surface area contributed by atoms with Crippen LogP contribution in [-0.4, -0.2) is 252 Å². The van der Waals surface area contributed by atoms with Gasteiger partial charge in [-0.15, -0.1) is 0 Å². The number of fused-ring (bicyclic) bond motifs is 1. The fraction of sp³-hybridized carbons (Fsp3) is 0.729. The lowest BCUT2D eigenvalue weighted by molar-refractivity contribution is -0.155. The Morgan fingerprint density at radius 2 is 1.33 bits per heavy atom. The summed E-state index contributed by atoms with van der Waals surface area (Å²) < 4.78 is 41.2. The molecule has 28 heteroatoms. The zero-order valence-electron chi connectivity index (χ0n) is 59.2. The summed E-state index contributed by atoms with van der Waals surface area (Å²) in [4.78, 5) is 190. The van der Waals surface area contributed by atoms with Crippen LogP contribution in [0, 0.1) is 17.8 Å². The van der Waals surface area contributed by atoms with Gasteiger partial charge in [0.25, 0.3) is 11.8 Å². The molecule has 3 aliphatic heterocycles. The van der Waals surface area contributed by atoms with Gasteiger partial charge in [0.2, 0.25) is 59.1 Å². The molecule has 2 aliphatic carbocycles. The summed E-state index contributed by atoms with van der Waals surface area (Å²) in [6.07, 6.45) is 6.37. The maximum atomic E-state index is 15.5. The van der Waals surface area contributed by atoms with Crippen LogP contribution in [0.2, 0.25) is 5.02 Å². The molecule has 12 amide bonds. The maximum Gasteiger partial charge on any atom is 0.417 e. The molecule has 0 spiro atoms. The number of nitrogens with one attached hydrogen (secondary N) is 2. The Morgan fingerprint density at radius 3 is 1.96 bits per heavy atom. The standard InChI is InChI=1S/C70H106ClF3N12O12/c1-11-35-85-55(67(96)84-36-21-14-22-37-84)41-58(89)81(8)46(4)63(92)77-61(45(3)12-2)68(97)80(7)43-59(90)78(5)44-60(91)82(9)54(40-47-24-15-13-16-25-47)66(95)79(6)42-56(87)76-52(33-31-48-30-32-50(51(71)39-48)70(72,73)74)65(94)86-38-23-28-53(86)64(93)75-34-20-19-29-57(88)83(10)62(69(85)98)49-26-17-18-27-49/h30,32,39,45-47,49,52-55,62H,11-29,31,33-38,40-44H2,1-10H3,(H,75,93)(H,76,87)/t45-,46-,52-,53-,54-,55-,62-/m0/s1. The number of aliphatic imine (C=N–C) groups is 1. The first-order valence-corrected chi connectivity index (χ1v) is 35.7. The van der Waals surface area contributed by atoms with E-state index in [9.17, 15) is 65.9 Å². The number of halogens is 4. The molecule has 24 nitrogen and oxygen atoms in total. The molecule has 98 heavy (non-hydrogen) atoms. The molecule has 2 N–H and O–H groups in total. The van der Waals surface area contributed by atoms with E-state index in [0.29, 0.717) is 57.2 Å². The number of hydrogen-bond donors (Lipinski definition) is 2. The summed E-state index contributed by atoms with van der Waals surface area (Å²) in [7, 11) is 8.46. The van der Waals surface area contributed by atoms with Crippen LogP contribution in [0.3, 0.4) is 0 Å². The van der Waals surface area contributed by atoms with Gasteiger partial charge >= 0.3 is 6.18 Å². The number of alkyl halides is 3. The van der Waals surface area contributed by atoms with Gasteiger partial charge in [-0.2, -0.15) is 13.2 Å². The first-order chi connectivity index (χ1) is 46.4. The lowest BCUT2D eigenvalue weighted by atomic mass is 9.84. The van der Waals surface area contributed by atoms with E-state index in [0.717, 1.165) is 95.9 Å². The van der Waals surface area contributed by atoms with Gasteiger partial charge in [0, 0.05) is 87.3 Å². The molecule has 1 aromatic carbocycles. The Bertz CT molecular complexity index is 3050. The molecule has 0 bridgehead atoms. The van der Waals surface area contributed by atoms with E-state index in [1.807, 2.05) is 6.92 Å². The number of hydrogen-bond acceptors (Lipinski definition) is 12. The molecule has 5 aliphatic rings. The van der Waals surface area contributed by atoms with Gasteiger partial charge in [0.05, 0.1) is 36.6 Å². The number of amides is 12. The average Bonchev–Trinajstić information content (AvgIpc) is 1.17. The van der Waals surface area contributed by atoms with Gasteiger partial charge in [-0.25, -0.2) is 4.99 Å². The highest BCUT2D eigenvalue weighted by molar-refractivity contribution is 6.41. The Hall–Kier alpha value is -7.19. The summed E-state index contributed by atoms with van der Waals surface area (Å²) in [6.45, 7) is 6.17. The first-order valence-electron chi connectivity index (χ1n) is 35.4. The normalized spacial score (nSPS) is 25.5. The fourth-order valence-corrected chi connectivity index (χ4v) is 14.4. The molecule has 3 heterocycles. The van der Waals surface area contributed by atoms with Crippen molar-refractivity contribution >= 4 is 88.2 Å². The van der Waals surface area contributed by atoms with Crippen LogP contribution in [0.4, 0.5) is 13.2 Å². The van der Waals surface area contributed by atoms with Crippen LogP contribution in [0.1, 0.15) is 180 Å². The number of nitrogens with zero attached hydrogens (tertiary/aromatic N) is 10. The van der Waals surface area contributed by atoms with Gasteiger partial charge in [-0.05, 0) is 126 Å². The van der Waals surface area contributed by atoms with Gasteiger partial charge < -0.3 is 54.7 Å². The smallest absolute Gasteiger partial charge is 0.354 e. The topological polar surface area (TPSA) is 270 Å². The van der Waals surface area contributed by atoms with Crippen LogP contribution in [0.25, 0.3) is 0 Å². The number of likely N-dealkylation sites (N-methyl/N-ethyl adjacent to an activating group) is 6. The number of aryl methyl sites for hydroxylation is 1. The minimum atomic E-state index is -4.74. The first kappa shape index (κ1) is 79.8. The second kappa shape index (κ2) is 37.3. The van der Waals surface area contributed by atoms with Crippen molar-refractivity contribution in [3.05, 3.63) is 34.3 Å². The lowest BCUT2D eigenvalue weighted by Crippen LogP contribution is -2.60. The third-order valence-corrected chi connectivity index (χ3v) is 20.9. The molecule has 546 valence electrons. The van der Waals surface area contributed by atoms with Gasteiger partial charge in [0.15, 0.2) is 0 Å². The summed E-state index contributed by atoms with van der Waals surface area (Å²) in [6, 6.07) is -3.85. The Balaban J connectivity index is 1.34. The predicted octanol–water partition coefficient (Wildman–Crippen LogP) is 6.13. The van der Waals surface area contributed by atoms with Gasteiger partial charge in [-0.3, -0.25) is 57.5 Å². The quantitative estimate of drug-likeness (QED) is 0.253. The van der Waals surface area contributed by atoms with Crippen molar-refractivity contribution in [1.82, 2.24) is 54.7 Å². The van der Waals surface area contributed by atoms with Crippen LogP contribution >= 0.6 is 11.6 Å². The van der Waals surface area contributed by atoms with Gasteiger partial charge in [0.1, 0.15) is 42.0 Å². The van der Waals surface area contributed by atoms with Crippen molar-refractivity contribution in [2.24, 2.45) is 22.7 Å². The molecular formula is C70H106ClF3N12O12. The van der Waals surface area contributed by atoms with Crippen molar-refractivity contribution in [3.8, 4) is 0 Å². The molecule has 6 rings (SSSR count). The Labute approximate surface area is 580 Å². The molecule has 0 radical (unpaired) electrons. The van der Waals surface area contributed by atoms with E-state index < -0.39 is 150 Å². The van der Waals surface area contributed by atoms with Gasteiger partial charge in [-0.1, -0.05) is 83.4 Å². The highest BCUT2D eigenvalue weighted by Crippen LogP contribution is 2.36. The average molecular weight is 1400 g/mol. The maximum absolute atomic E-state index is 15.5. The van der Waals surface area contributed by atoms with Crippen molar-refractivity contribution in [2.75, 3.05) is 94.6 Å². The molecular weight excluding hydrogens is 1290 g/mol. The van der Waals surface area contributed by atoms with E-state index in [1.54, 1.807) is 25.8 Å². The highest BCUT2D eigenvalue weighted by atomic mass is 35.5. The van der Waals surface area contributed by atoms with E-state index in [2.05, 4.69) is 15.6 Å². The van der Waals surface area contributed by atoms with Crippen LogP contribution in [0.15, 0.2) is 23.2 Å². The molecule has 4 fully saturated rings. The monoisotopic (exact) mass is 1400 g/mol. The lowest BCUT2D eigenvalue weighted by Gasteiger charge is -2.41. The molecule has 2 saturated carbocycles. The van der Waals surface area contributed by atoms with Crippen molar-refractivity contribution < 1.29 is 70.7 Å². The highest BCUT2D eigenvalue weighted by Gasteiger charge is 2.45. The summed E-state index contributed by atoms with van der Waals surface area (Å²) in [5.74, 6) is -8.25. The number of piperidine rings is 1. The summed E-state index contributed by atoms with van der Waals surface area (Å²) >= 11 is 6.10. The van der Waals surface area contributed by atoms with E-state index in [1.165, 1.54) is 67.8 Å². The summed E-state index contributed by atoms with van der Waals surface area (Å²) in [5, 5.41) is 5.08. The molecule has 2 saturated heterocycles. The second-order valence-electron chi connectivity index (χ2n) is 27.7. The van der Waals surface area contributed by atoms with Crippen LogP contribution < -0.4 is 10.6 Å². The Kier molecular flexibility index (Phi) is 30.4. The largest absolute Gasteiger partial charge is 0.417 e. The van der Waals surface area contributed by atoms with Crippen molar-refractivity contribution in [1.29, 1.82) is 0 Å². The number of carbonyl (C=O) groups is 12. The second-order valence-corrected chi connectivity index (χ2v) is 28.1. The van der Waals surface area contributed by atoms with Crippen LogP contribution in [-0.2, 0) is 70.1 Å². The van der Waals surface area contributed by atoms with Crippen molar-refractivity contribution in [3.63, 3.8) is 0 Å². The van der Waals surface area contributed by atoms with E-state index in [-0.39, 0.29) is 81.6 Å². The third-order valence-electron chi connectivity index (χ3n) is 20.6. The van der Waals surface area contributed by atoms with Crippen LogP contribution in [0.5, 0.6) is 0 Å². The molecule has 1 aromatic rings. The number of rotatable bonds is 11. The molecule has 0 aromatic heterocycles. The zero-order chi connectivity index (χ0) is 72.3. The SMILES string of the molecule is CCCN1C(=O)[C@H](C2CCCC2)N(C)C(=O)CCCCNC(=O)[C@@H]2CCCN2C(=O)[C@H](CCc2ccc(C(F)(F)F)c(Cl)c2)NC(=O)CN(C)C(=O)[C@H](CC2CCCCC2)N(C)C(=O)CN(C)C(=O)CN(C)C(=O)C([C@@H](C)CC)=NC(=O)[C@H](C)N(C)C(=O)C[C@H]1C(=O)N1CCCCC1. The molecule has 0 unspecified atom stereocenters.